The maximum atomic E-state index is 11.2. The summed E-state index contributed by atoms with van der Waals surface area (Å²) in [6, 6.07) is 8.69. The topological polar surface area (TPSA) is 43.4 Å². The second-order valence-electron chi connectivity index (χ2n) is 2.10. The van der Waals surface area contributed by atoms with Crippen LogP contribution in [0.1, 0.15) is 6.92 Å². The zero-order valence-electron chi connectivity index (χ0n) is 6.65. The lowest BCUT2D eigenvalue weighted by molar-refractivity contribution is 0.338. The highest BCUT2D eigenvalue weighted by molar-refractivity contribution is 7.86. The molecule has 0 aromatic heterocycles. The van der Waals surface area contributed by atoms with Gasteiger partial charge in [0.2, 0.25) is 0 Å². The Morgan fingerprint density at radius 3 is 2.50 bits per heavy atom. The monoisotopic (exact) mass is 185 g/mol. The summed E-state index contributed by atoms with van der Waals surface area (Å²) in [5.41, 5.74) is 0. The minimum absolute atomic E-state index is 0.154. The molecule has 0 saturated carbocycles. The molecule has 3 nitrogen and oxygen atoms in total. The van der Waals surface area contributed by atoms with Crippen molar-refractivity contribution in [3.05, 3.63) is 30.3 Å². The van der Waals surface area contributed by atoms with Crippen LogP contribution >= 0.6 is 0 Å². The lowest BCUT2D eigenvalue weighted by atomic mass is 10.4. The maximum Gasteiger partial charge on any atom is 0.296 e. The van der Waals surface area contributed by atoms with Crippen molar-refractivity contribution in [3.8, 4) is 0 Å². The van der Waals surface area contributed by atoms with E-state index in [4.69, 9.17) is 0 Å². The fraction of sp³-hybridized carbons (Fsp3) is 0.250. The second kappa shape index (κ2) is 3.69. The zero-order chi connectivity index (χ0) is 9.03. The van der Waals surface area contributed by atoms with Crippen LogP contribution in [-0.4, -0.2) is 15.0 Å². The summed E-state index contributed by atoms with van der Waals surface area (Å²) < 4.78 is 27.0. The standard InChI is InChI=1S/C8H9O3S/c1-2-11-12(9,10)8-6-4-3-5-7-8/h4-7H,2H2,1H3. The van der Waals surface area contributed by atoms with Crippen LogP contribution < -0.4 is 0 Å². The van der Waals surface area contributed by atoms with Gasteiger partial charge in [-0.1, -0.05) is 12.1 Å². The highest BCUT2D eigenvalue weighted by atomic mass is 32.2. The molecule has 4 heteroatoms. The minimum atomic E-state index is -3.53. The van der Waals surface area contributed by atoms with E-state index in [-0.39, 0.29) is 11.5 Å². The molecule has 0 amide bonds. The molecule has 0 unspecified atom stereocenters. The Labute approximate surface area is 72.1 Å². The maximum absolute atomic E-state index is 11.2. The average molecular weight is 185 g/mol. The number of rotatable bonds is 3. The first-order valence-electron chi connectivity index (χ1n) is 3.52. The molecule has 0 saturated heterocycles. The molecule has 0 aliphatic rings. The molecule has 1 aromatic carbocycles. The third kappa shape index (κ3) is 2.06. The van der Waals surface area contributed by atoms with Gasteiger partial charge in [0.05, 0.1) is 11.5 Å². The van der Waals surface area contributed by atoms with Crippen molar-refractivity contribution in [1.82, 2.24) is 0 Å². The van der Waals surface area contributed by atoms with E-state index >= 15 is 0 Å². The number of hydrogen-bond acceptors (Lipinski definition) is 3. The van der Waals surface area contributed by atoms with Crippen LogP contribution in [0, 0.1) is 6.07 Å². The summed E-state index contributed by atoms with van der Waals surface area (Å²) in [6.45, 7) is 1.79. The van der Waals surface area contributed by atoms with E-state index in [0.29, 0.717) is 0 Å². The van der Waals surface area contributed by atoms with E-state index in [1.807, 2.05) is 0 Å². The molecule has 12 heavy (non-hydrogen) atoms. The number of hydrogen-bond donors (Lipinski definition) is 0. The van der Waals surface area contributed by atoms with Gasteiger partial charge in [0.25, 0.3) is 10.1 Å². The fourth-order valence-electron chi connectivity index (χ4n) is 0.761. The van der Waals surface area contributed by atoms with Gasteiger partial charge < -0.3 is 0 Å². The molecule has 0 N–H and O–H groups in total. The Bertz CT molecular complexity index is 329. The van der Waals surface area contributed by atoms with Crippen LogP contribution in [0.25, 0.3) is 0 Å². The molecule has 0 heterocycles. The van der Waals surface area contributed by atoms with E-state index in [9.17, 15) is 8.42 Å². The van der Waals surface area contributed by atoms with E-state index in [2.05, 4.69) is 10.2 Å². The quantitative estimate of drug-likeness (QED) is 0.665. The molecule has 1 radical (unpaired) electrons. The highest BCUT2D eigenvalue weighted by Crippen LogP contribution is 2.10. The first-order valence-corrected chi connectivity index (χ1v) is 4.93. The molecule has 0 bridgehead atoms. The normalized spacial score (nSPS) is 11.4. The largest absolute Gasteiger partial charge is 0.296 e. The van der Waals surface area contributed by atoms with Gasteiger partial charge in [0.1, 0.15) is 0 Å². The van der Waals surface area contributed by atoms with Gasteiger partial charge in [-0.2, -0.15) is 8.42 Å². The first-order chi connectivity index (χ1) is 5.67. The van der Waals surface area contributed by atoms with Crippen LogP contribution in [0.4, 0.5) is 0 Å². The minimum Gasteiger partial charge on any atom is -0.267 e. The Balaban J connectivity index is 2.99. The molecule has 65 valence electrons. The SMILES string of the molecule is CCOS(=O)(=O)c1cc[c]cc1. The third-order valence-electron chi connectivity index (χ3n) is 1.25. The van der Waals surface area contributed by atoms with Crippen molar-refractivity contribution in [3.63, 3.8) is 0 Å². The van der Waals surface area contributed by atoms with Crippen LogP contribution in [0.3, 0.4) is 0 Å². The summed E-state index contributed by atoms with van der Waals surface area (Å²) in [6.07, 6.45) is 0. The van der Waals surface area contributed by atoms with Crippen molar-refractivity contribution in [1.29, 1.82) is 0 Å². The second-order valence-corrected chi connectivity index (χ2v) is 3.71. The molecular weight excluding hydrogens is 176 g/mol. The van der Waals surface area contributed by atoms with Crippen LogP contribution in [-0.2, 0) is 14.3 Å². The number of benzene rings is 1. The summed E-state index contributed by atoms with van der Waals surface area (Å²) in [5.74, 6) is 0. The molecule has 1 rings (SSSR count). The van der Waals surface area contributed by atoms with Gasteiger partial charge in [0.15, 0.2) is 0 Å². The molecule has 0 atom stereocenters. The summed E-state index contributed by atoms with van der Waals surface area (Å²) in [4.78, 5) is 0.170. The van der Waals surface area contributed by atoms with E-state index in [1.165, 1.54) is 24.3 Å². The molecular formula is C8H9O3S. The molecule has 0 aliphatic carbocycles. The fourth-order valence-corrected chi connectivity index (χ4v) is 1.68. The Morgan fingerprint density at radius 2 is 2.00 bits per heavy atom. The molecule has 0 spiro atoms. The van der Waals surface area contributed by atoms with Gasteiger partial charge in [-0.15, -0.1) is 0 Å². The van der Waals surface area contributed by atoms with Crippen LogP contribution in [0.2, 0.25) is 0 Å². The zero-order valence-corrected chi connectivity index (χ0v) is 7.47. The van der Waals surface area contributed by atoms with Crippen molar-refractivity contribution in [2.75, 3.05) is 6.61 Å². The van der Waals surface area contributed by atoms with Crippen molar-refractivity contribution in [2.24, 2.45) is 0 Å². The lowest BCUT2D eigenvalue weighted by Crippen LogP contribution is -2.05. The Kier molecular flexibility index (Phi) is 2.83. The van der Waals surface area contributed by atoms with Crippen molar-refractivity contribution >= 4 is 10.1 Å². The van der Waals surface area contributed by atoms with Crippen LogP contribution in [0.15, 0.2) is 29.2 Å². The van der Waals surface area contributed by atoms with E-state index in [0.717, 1.165) is 0 Å². The van der Waals surface area contributed by atoms with Crippen molar-refractivity contribution < 1.29 is 12.6 Å². The van der Waals surface area contributed by atoms with Crippen molar-refractivity contribution in [2.45, 2.75) is 11.8 Å². The van der Waals surface area contributed by atoms with E-state index in [1.54, 1.807) is 6.92 Å². The Hall–Kier alpha value is -0.870. The Morgan fingerprint density at radius 1 is 1.42 bits per heavy atom. The van der Waals surface area contributed by atoms with E-state index < -0.39 is 10.1 Å². The first kappa shape index (κ1) is 9.22. The summed E-state index contributed by atoms with van der Waals surface area (Å²) in [7, 11) is -3.53. The van der Waals surface area contributed by atoms with Gasteiger partial charge in [-0.3, -0.25) is 4.18 Å². The van der Waals surface area contributed by atoms with Gasteiger partial charge >= 0.3 is 0 Å². The molecule has 0 aliphatic heterocycles. The van der Waals surface area contributed by atoms with Gasteiger partial charge in [0, 0.05) is 0 Å². The summed E-state index contributed by atoms with van der Waals surface area (Å²) >= 11 is 0. The van der Waals surface area contributed by atoms with Crippen LogP contribution in [0.5, 0.6) is 0 Å². The predicted octanol–water partition coefficient (Wildman–Crippen LogP) is 1.21. The lowest BCUT2D eigenvalue weighted by Gasteiger charge is -2.01. The smallest absolute Gasteiger partial charge is 0.267 e. The van der Waals surface area contributed by atoms with Gasteiger partial charge in [-0.05, 0) is 25.1 Å². The highest BCUT2D eigenvalue weighted by Gasteiger charge is 2.12. The average Bonchev–Trinajstić information content (AvgIpc) is 2.06. The van der Waals surface area contributed by atoms with Gasteiger partial charge in [-0.25, -0.2) is 0 Å². The predicted molar refractivity (Wildman–Crippen MR) is 44.1 cm³/mol. The molecule has 0 fully saturated rings. The third-order valence-corrected chi connectivity index (χ3v) is 2.64. The summed E-state index contributed by atoms with van der Waals surface area (Å²) in [5, 5.41) is 0. The molecule has 1 aromatic rings.